The molecule has 3 aromatic rings. The van der Waals surface area contributed by atoms with Gasteiger partial charge in [0.2, 0.25) is 0 Å². The molecule has 3 heterocycles. The fraction of sp³-hybridized carbons (Fsp3) is 0.478. The fourth-order valence-corrected chi connectivity index (χ4v) is 5.01. The molecule has 0 radical (unpaired) electrons. The maximum absolute atomic E-state index is 6.37. The van der Waals surface area contributed by atoms with Crippen molar-refractivity contribution < 1.29 is 9.47 Å². The fourth-order valence-electron chi connectivity index (χ4n) is 5.01. The zero-order chi connectivity index (χ0) is 19.8. The monoisotopic (exact) mass is 392 g/mol. The summed E-state index contributed by atoms with van der Waals surface area (Å²) in [5.74, 6) is 2.12. The van der Waals surface area contributed by atoms with Crippen molar-refractivity contribution in [3.63, 3.8) is 0 Å². The van der Waals surface area contributed by atoms with Crippen LogP contribution in [0.15, 0.2) is 41.9 Å². The van der Waals surface area contributed by atoms with E-state index in [0.29, 0.717) is 17.9 Å². The molecule has 29 heavy (non-hydrogen) atoms. The standard InChI is InChI=1S/C23H28N4O2/c1-3-15-10-17(29-13-14-4-6-16(28-2)7-5-14)11-19(15)22-21-18-8-9-24-23(18)25-12-20(21)26-27-22/h4,6,8-9,12,15,17,19,26-27H,3,5,7,10-11,13H2,1-2H3/t15-,17+,19-/m0/s1. The molecule has 0 unspecified atom stereocenters. The molecule has 0 aromatic carbocycles. The minimum Gasteiger partial charge on any atom is -0.501 e. The van der Waals surface area contributed by atoms with Gasteiger partial charge in [-0.05, 0) is 42.9 Å². The third-order valence-electron chi connectivity index (χ3n) is 6.65. The number of ether oxygens (including phenoxy) is 2. The Kier molecular flexibility index (Phi) is 4.87. The predicted molar refractivity (Wildman–Crippen MR) is 114 cm³/mol. The SMILES string of the molecule is CC[C@H]1C[C@@H](OCC2=CC=C(OC)CC2)C[C@@H]1c1[nH][nH]c2cnc3nccc3c12. The van der Waals surface area contributed by atoms with Crippen molar-refractivity contribution in [1.29, 1.82) is 0 Å². The van der Waals surface area contributed by atoms with E-state index in [4.69, 9.17) is 9.47 Å². The predicted octanol–water partition coefficient (Wildman–Crippen LogP) is 4.98. The molecule has 1 saturated carbocycles. The third kappa shape index (κ3) is 3.35. The molecule has 0 bridgehead atoms. The molecule has 0 aliphatic heterocycles. The Morgan fingerprint density at radius 1 is 1.14 bits per heavy atom. The number of fused-ring (bicyclic) bond motifs is 3. The molecule has 0 amide bonds. The van der Waals surface area contributed by atoms with Crippen LogP contribution >= 0.6 is 0 Å². The first-order valence-corrected chi connectivity index (χ1v) is 10.6. The van der Waals surface area contributed by atoms with Crippen LogP contribution in [-0.4, -0.2) is 40.0 Å². The van der Waals surface area contributed by atoms with Crippen LogP contribution in [0.25, 0.3) is 21.9 Å². The van der Waals surface area contributed by atoms with Crippen LogP contribution in [0.5, 0.6) is 0 Å². The molecule has 2 N–H and O–H groups in total. The van der Waals surface area contributed by atoms with Crippen molar-refractivity contribution in [2.75, 3.05) is 13.7 Å². The summed E-state index contributed by atoms with van der Waals surface area (Å²) >= 11 is 0. The Hall–Kier alpha value is -2.60. The van der Waals surface area contributed by atoms with E-state index in [0.717, 1.165) is 61.0 Å². The van der Waals surface area contributed by atoms with E-state index in [1.807, 2.05) is 12.4 Å². The van der Waals surface area contributed by atoms with E-state index in [-0.39, 0.29) is 0 Å². The van der Waals surface area contributed by atoms with E-state index < -0.39 is 0 Å². The summed E-state index contributed by atoms with van der Waals surface area (Å²) in [6, 6.07) is 2.07. The zero-order valence-corrected chi connectivity index (χ0v) is 17.1. The van der Waals surface area contributed by atoms with Gasteiger partial charge in [-0.15, -0.1) is 0 Å². The van der Waals surface area contributed by atoms with Gasteiger partial charge in [-0.25, -0.2) is 9.97 Å². The Bertz CT molecular complexity index is 1080. The molecule has 0 saturated heterocycles. The molecule has 1 fully saturated rings. The van der Waals surface area contributed by atoms with Crippen molar-refractivity contribution in [1.82, 2.24) is 20.2 Å². The topological polar surface area (TPSA) is 75.8 Å². The smallest absolute Gasteiger partial charge is 0.159 e. The van der Waals surface area contributed by atoms with Crippen LogP contribution in [0.1, 0.15) is 50.6 Å². The van der Waals surface area contributed by atoms with Gasteiger partial charge in [0.1, 0.15) is 0 Å². The number of nitrogens with one attached hydrogen (secondary N) is 2. The largest absolute Gasteiger partial charge is 0.501 e. The van der Waals surface area contributed by atoms with Gasteiger partial charge < -0.3 is 14.6 Å². The van der Waals surface area contributed by atoms with E-state index in [1.54, 1.807) is 7.11 Å². The lowest BCUT2D eigenvalue weighted by molar-refractivity contribution is 0.0697. The first-order valence-electron chi connectivity index (χ1n) is 10.6. The number of H-pyrrole nitrogens is 2. The first-order chi connectivity index (χ1) is 14.3. The molecular weight excluding hydrogens is 364 g/mol. The number of aromatic amines is 2. The van der Waals surface area contributed by atoms with Crippen LogP contribution in [-0.2, 0) is 9.47 Å². The van der Waals surface area contributed by atoms with Gasteiger partial charge >= 0.3 is 0 Å². The van der Waals surface area contributed by atoms with Gasteiger partial charge in [-0.2, -0.15) is 0 Å². The molecule has 6 nitrogen and oxygen atoms in total. The lowest BCUT2D eigenvalue weighted by Gasteiger charge is -2.17. The normalized spacial score (nSPS) is 24.8. The highest BCUT2D eigenvalue weighted by atomic mass is 16.5. The van der Waals surface area contributed by atoms with E-state index >= 15 is 0 Å². The highest BCUT2D eigenvalue weighted by Gasteiger charge is 2.37. The van der Waals surface area contributed by atoms with Gasteiger partial charge in [-0.3, -0.25) is 5.10 Å². The number of aromatic nitrogens is 4. The molecule has 2 aliphatic rings. The number of hydrogen-bond acceptors (Lipinski definition) is 4. The van der Waals surface area contributed by atoms with Crippen LogP contribution in [0.2, 0.25) is 0 Å². The van der Waals surface area contributed by atoms with Crippen LogP contribution in [0.3, 0.4) is 0 Å². The molecule has 152 valence electrons. The van der Waals surface area contributed by atoms with Crippen LogP contribution in [0, 0.1) is 5.92 Å². The second-order valence-electron chi connectivity index (χ2n) is 8.23. The molecule has 3 atom stereocenters. The van der Waals surface area contributed by atoms with Crippen molar-refractivity contribution in [2.45, 2.75) is 51.0 Å². The minimum atomic E-state index is 0.298. The van der Waals surface area contributed by atoms with Gasteiger partial charge in [0, 0.05) is 35.0 Å². The molecule has 5 rings (SSSR count). The van der Waals surface area contributed by atoms with Gasteiger partial charge in [0.25, 0.3) is 0 Å². The Morgan fingerprint density at radius 2 is 2.07 bits per heavy atom. The van der Waals surface area contributed by atoms with E-state index in [1.165, 1.54) is 16.7 Å². The average molecular weight is 393 g/mol. The van der Waals surface area contributed by atoms with Crippen LogP contribution in [0.4, 0.5) is 0 Å². The highest BCUT2D eigenvalue weighted by Crippen LogP contribution is 2.45. The summed E-state index contributed by atoms with van der Waals surface area (Å²) in [6.07, 6.45) is 13.6. The third-order valence-corrected chi connectivity index (χ3v) is 6.65. The number of allylic oxidation sites excluding steroid dienone is 3. The number of rotatable bonds is 6. The van der Waals surface area contributed by atoms with Crippen molar-refractivity contribution >= 4 is 21.9 Å². The van der Waals surface area contributed by atoms with Crippen molar-refractivity contribution in [3.05, 3.63) is 47.6 Å². The van der Waals surface area contributed by atoms with Gasteiger partial charge in [0.15, 0.2) is 5.65 Å². The number of hydrogen-bond donors (Lipinski definition) is 2. The number of nitrogens with zero attached hydrogens (tertiary/aromatic N) is 2. The molecular formula is C23H28N4O2. The molecule has 6 heteroatoms. The summed E-state index contributed by atoms with van der Waals surface area (Å²) in [5.41, 5.74) is 4.51. The van der Waals surface area contributed by atoms with E-state index in [9.17, 15) is 0 Å². The minimum absolute atomic E-state index is 0.298. The average Bonchev–Trinajstić information content (AvgIpc) is 3.48. The quantitative estimate of drug-likeness (QED) is 0.620. The summed E-state index contributed by atoms with van der Waals surface area (Å²) in [5, 5.41) is 9.14. The summed E-state index contributed by atoms with van der Waals surface area (Å²) in [6.45, 7) is 3.01. The lowest BCUT2D eigenvalue weighted by atomic mass is 9.89. The lowest BCUT2D eigenvalue weighted by Crippen LogP contribution is -2.12. The van der Waals surface area contributed by atoms with Crippen molar-refractivity contribution in [3.8, 4) is 0 Å². The maximum atomic E-state index is 6.37. The Morgan fingerprint density at radius 3 is 2.86 bits per heavy atom. The first kappa shape index (κ1) is 18.4. The number of methoxy groups -OCH3 is 1. The summed E-state index contributed by atoms with van der Waals surface area (Å²) in [4.78, 5) is 8.83. The second kappa shape index (κ2) is 7.67. The Balaban J connectivity index is 1.35. The summed E-state index contributed by atoms with van der Waals surface area (Å²) in [7, 11) is 1.74. The molecule has 0 spiro atoms. The second-order valence-corrected chi connectivity index (χ2v) is 8.23. The summed E-state index contributed by atoms with van der Waals surface area (Å²) < 4.78 is 11.7. The zero-order valence-electron chi connectivity index (χ0n) is 17.1. The Labute approximate surface area is 170 Å². The van der Waals surface area contributed by atoms with Gasteiger partial charge in [-0.1, -0.05) is 19.4 Å². The number of pyridine rings is 1. The van der Waals surface area contributed by atoms with Crippen molar-refractivity contribution in [2.24, 2.45) is 5.92 Å². The van der Waals surface area contributed by atoms with Crippen LogP contribution < -0.4 is 0 Å². The maximum Gasteiger partial charge on any atom is 0.159 e. The van der Waals surface area contributed by atoms with Gasteiger partial charge in [0.05, 0.1) is 37.3 Å². The molecule has 3 aromatic heterocycles. The highest BCUT2D eigenvalue weighted by molar-refractivity contribution is 6.04. The van der Waals surface area contributed by atoms with E-state index in [2.05, 4.69) is 45.3 Å². The molecule has 2 aliphatic carbocycles.